The summed E-state index contributed by atoms with van der Waals surface area (Å²) in [5, 5.41) is 4.23. The van der Waals surface area contributed by atoms with Crippen molar-refractivity contribution in [3.8, 4) is 22.9 Å². The van der Waals surface area contributed by atoms with Gasteiger partial charge in [0.15, 0.2) is 11.6 Å². The van der Waals surface area contributed by atoms with Crippen LogP contribution in [-0.4, -0.2) is 19.6 Å². The Labute approximate surface area is 136 Å². The molecule has 0 unspecified atom stereocenters. The van der Waals surface area contributed by atoms with Gasteiger partial charge in [-0.3, -0.25) is 0 Å². The summed E-state index contributed by atoms with van der Waals surface area (Å²) in [4.78, 5) is 8.46. The summed E-state index contributed by atoms with van der Waals surface area (Å²) >= 11 is 0. The maximum absolute atomic E-state index is 13.6. The zero-order chi connectivity index (χ0) is 16.5. The first-order valence-corrected chi connectivity index (χ1v) is 7.18. The van der Waals surface area contributed by atoms with E-state index in [9.17, 15) is 4.39 Å². The molecule has 2 N–H and O–H groups in total. The van der Waals surface area contributed by atoms with Gasteiger partial charge in [-0.2, -0.15) is 5.10 Å². The van der Waals surface area contributed by atoms with Gasteiger partial charge in [0.05, 0.1) is 11.9 Å². The molecular weight excluding hydrogens is 309 g/mol. The number of benzene rings is 1. The number of nitrogens with two attached hydrogens (primary N) is 1. The van der Waals surface area contributed by atoms with Crippen LogP contribution in [0.2, 0.25) is 0 Å². The lowest BCUT2D eigenvalue weighted by atomic mass is 10.2. The van der Waals surface area contributed by atoms with Crippen molar-refractivity contribution in [3.63, 3.8) is 0 Å². The molecule has 4 rings (SSSR count). The van der Waals surface area contributed by atoms with Crippen LogP contribution in [0.4, 0.5) is 10.1 Å². The number of nitrogen functional groups attached to an aromatic ring is 1. The SMILES string of the molecule is Nc1ccc(Oc2cc(-c3ncccn3)cn3nccc23)cc1F. The van der Waals surface area contributed by atoms with Gasteiger partial charge in [0.2, 0.25) is 0 Å². The average Bonchev–Trinajstić information content (AvgIpc) is 3.08. The van der Waals surface area contributed by atoms with Crippen molar-refractivity contribution in [1.29, 1.82) is 0 Å². The first kappa shape index (κ1) is 14.1. The monoisotopic (exact) mass is 321 g/mol. The Morgan fingerprint density at radius 1 is 1.04 bits per heavy atom. The second kappa shape index (κ2) is 5.62. The van der Waals surface area contributed by atoms with Crippen LogP contribution in [0.5, 0.6) is 11.5 Å². The van der Waals surface area contributed by atoms with Crippen LogP contribution in [0, 0.1) is 5.82 Å². The van der Waals surface area contributed by atoms with Crippen LogP contribution in [0.1, 0.15) is 0 Å². The Hall–Kier alpha value is -3.48. The van der Waals surface area contributed by atoms with Crippen LogP contribution < -0.4 is 10.5 Å². The highest BCUT2D eigenvalue weighted by atomic mass is 19.1. The lowest BCUT2D eigenvalue weighted by molar-refractivity contribution is 0.480. The number of hydrogen-bond acceptors (Lipinski definition) is 5. The fourth-order valence-electron chi connectivity index (χ4n) is 2.35. The van der Waals surface area contributed by atoms with E-state index in [-0.39, 0.29) is 5.69 Å². The molecule has 24 heavy (non-hydrogen) atoms. The number of aromatic nitrogens is 4. The molecule has 0 aliphatic heterocycles. The summed E-state index contributed by atoms with van der Waals surface area (Å²) in [5.41, 5.74) is 7.04. The summed E-state index contributed by atoms with van der Waals surface area (Å²) in [6, 6.07) is 9.65. The maximum atomic E-state index is 13.6. The normalized spacial score (nSPS) is 10.9. The zero-order valence-corrected chi connectivity index (χ0v) is 12.4. The quantitative estimate of drug-likeness (QED) is 0.586. The molecule has 118 valence electrons. The number of fused-ring (bicyclic) bond motifs is 1. The molecule has 0 bridgehead atoms. The van der Waals surface area contributed by atoms with Gasteiger partial charge in [-0.1, -0.05) is 0 Å². The first-order chi connectivity index (χ1) is 11.7. The van der Waals surface area contributed by atoms with Crippen molar-refractivity contribution in [1.82, 2.24) is 19.6 Å². The van der Waals surface area contributed by atoms with E-state index >= 15 is 0 Å². The number of hydrogen-bond donors (Lipinski definition) is 1. The van der Waals surface area contributed by atoms with Crippen LogP contribution in [0.25, 0.3) is 16.9 Å². The van der Waals surface area contributed by atoms with Crippen molar-refractivity contribution in [3.05, 3.63) is 67.0 Å². The van der Waals surface area contributed by atoms with Gasteiger partial charge in [0, 0.05) is 30.2 Å². The van der Waals surface area contributed by atoms with E-state index in [2.05, 4.69) is 15.1 Å². The third kappa shape index (κ3) is 2.52. The maximum Gasteiger partial charge on any atom is 0.160 e. The van der Waals surface area contributed by atoms with Gasteiger partial charge in [-0.25, -0.2) is 18.9 Å². The number of anilines is 1. The summed E-state index contributed by atoms with van der Waals surface area (Å²) in [6.45, 7) is 0. The van der Waals surface area contributed by atoms with Gasteiger partial charge in [-0.15, -0.1) is 0 Å². The summed E-state index contributed by atoms with van der Waals surface area (Å²) in [6.07, 6.45) is 6.78. The Bertz CT molecular complexity index is 1020. The number of ether oxygens (including phenoxy) is 1. The highest BCUT2D eigenvalue weighted by Crippen LogP contribution is 2.31. The van der Waals surface area contributed by atoms with Crippen molar-refractivity contribution in [2.45, 2.75) is 0 Å². The van der Waals surface area contributed by atoms with E-state index in [0.717, 1.165) is 11.1 Å². The molecule has 4 aromatic rings. The highest BCUT2D eigenvalue weighted by molar-refractivity contribution is 5.68. The van der Waals surface area contributed by atoms with Gasteiger partial charge in [0.1, 0.15) is 17.1 Å². The molecule has 0 radical (unpaired) electrons. The Morgan fingerprint density at radius 3 is 2.67 bits per heavy atom. The topological polar surface area (TPSA) is 78.3 Å². The van der Waals surface area contributed by atoms with Crippen molar-refractivity contribution in [2.75, 3.05) is 5.73 Å². The highest BCUT2D eigenvalue weighted by Gasteiger charge is 2.11. The molecule has 0 aliphatic carbocycles. The predicted octanol–water partition coefficient (Wildman–Crippen LogP) is 3.30. The molecule has 1 aromatic carbocycles. The molecule has 0 aliphatic rings. The van der Waals surface area contributed by atoms with E-state index in [4.69, 9.17) is 10.5 Å². The molecule has 6 nitrogen and oxygen atoms in total. The van der Waals surface area contributed by atoms with Crippen LogP contribution in [0.3, 0.4) is 0 Å². The average molecular weight is 321 g/mol. The zero-order valence-electron chi connectivity index (χ0n) is 12.4. The van der Waals surface area contributed by atoms with Crippen molar-refractivity contribution >= 4 is 11.2 Å². The number of pyridine rings is 1. The van der Waals surface area contributed by atoms with Crippen molar-refractivity contribution < 1.29 is 9.13 Å². The second-order valence-corrected chi connectivity index (χ2v) is 5.11. The minimum atomic E-state index is -0.528. The predicted molar refractivity (Wildman–Crippen MR) is 87.1 cm³/mol. The van der Waals surface area contributed by atoms with E-state index in [1.807, 2.05) is 0 Å². The molecule has 0 amide bonds. The standard InChI is InChI=1S/C17H12FN5O/c18-13-9-12(2-3-14(13)19)24-16-8-11(17-20-5-1-6-21-17)10-23-15(16)4-7-22-23/h1-10H,19H2. The smallest absolute Gasteiger partial charge is 0.160 e. The minimum Gasteiger partial charge on any atom is -0.455 e. The fraction of sp³-hybridized carbons (Fsp3) is 0. The molecule has 0 saturated carbocycles. The number of nitrogens with zero attached hydrogens (tertiary/aromatic N) is 4. The van der Waals surface area contributed by atoms with Gasteiger partial charge >= 0.3 is 0 Å². The molecular formula is C17H12FN5O. The first-order valence-electron chi connectivity index (χ1n) is 7.18. The number of halogens is 1. The van der Waals surface area contributed by atoms with Crippen LogP contribution in [0.15, 0.2) is 61.2 Å². The van der Waals surface area contributed by atoms with Crippen LogP contribution >= 0.6 is 0 Å². The minimum absolute atomic E-state index is 0.0725. The third-order valence-corrected chi connectivity index (χ3v) is 3.49. The van der Waals surface area contributed by atoms with E-state index in [1.165, 1.54) is 12.1 Å². The molecule has 0 fully saturated rings. The Balaban J connectivity index is 1.81. The summed E-state index contributed by atoms with van der Waals surface area (Å²) in [7, 11) is 0. The Morgan fingerprint density at radius 2 is 1.88 bits per heavy atom. The molecule has 3 aromatic heterocycles. The molecule has 7 heteroatoms. The molecule has 3 heterocycles. The summed E-state index contributed by atoms with van der Waals surface area (Å²) < 4.78 is 21.1. The lowest BCUT2D eigenvalue weighted by Crippen LogP contribution is -1.96. The van der Waals surface area contributed by atoms with Gasteiger partial charge in [0.25, 0.3) is 0 Å². The van der Waals surface area contributed by atoms with E-state index in [0.29, 0.717) is 17.3 Å². The second-order valence-electron chi connectivity index (χ2n) is 5.11. The van der Waals surface area contributed by atoms with E-state index in [1.54, 1.807) is 53.6 Å². The van der Waals surface area contributed by atoms with Gasteiger partial charge in [-0.05, 0) is 30.3 Å². The third-order valence-electron chi connectivity index (χ3n) is 3.49. The van der Waals surface area contributed by atoms with Crippen LogP contribution in [-0.2, 0) is 0 Å². The largest absolute Gasteiger partial charge is 0.455 e. The fourth-order valence-corrected chi connectivity index (χ4v) is 2.35. The molecule has 0 spiro atoms. The number of rotatable bonds is 3. The van der Waals surface area contributed by atoms with Gasteiger partial charge < -0.3 is 10.5 Å². The van der Waals surface area contributed by atoms with Crippen molar-refractivity contribution in [2.24, 2.45) is 0 Å². The van der Waals surface area contributed by atoms with E-state index < -0.39 is 5.82 Å². The Kier molecular flexibility index (Phi) is 3.31. The molecule has 0 saturated heterocycles. The molecule has 0 atom stereocenters. The lowest BCUT2D eigenvalue weighted by Gasteiger charge is -2.10. The summed E-state index contributed by atoms with van der Waals surface area (Å²) in [5.74, 6) is 0.875.